The molecule has 0 spiro atoms. The van der Waals surface area contributed by atoms with Crippen LogP contribution in [-0.2, 0) is 4.79 Å². The Morgan fingerprint density at radius 3 is 2.66 bits per heavy atom. The number of carbonyl (C=O) groups excluding carboxylic acids is 2. The maximum absolute atomic E-state index is 12.8. The Hall–Kier alpha value is -2.12. The summed E-state index contributed by atoms with van der Waals surface area (Å²) in [6, 6.07) is 5.73. The summed E-state index contributed by atoms with van der Waals surface area (Å²) < 4.78 is 0. The van der Waals surface area contributed by atoms with Gasteiger partial charge in [-0.3, -0.25) is 9.59 Å². The van der Waals surface area contributed by atoms with Gasteiger partial charge in [0.05, 0.1) is 11.4 Å². The standard InChI is InChI=1S/C22H33N5O2/c1-24-12-14-26(15-13-24)10-5-9-23-21(28)17-7-8-18-20(16-17)25(2)22(29)19-6-3-4-11-27(18)19/h7-8,16,19H,3-6,9-15H2,1-2H3,(H,23,28). The Morgan fingerprint density at radius 2 is 1.86 bits per heavy atom. The Balaban J connectivity index is 1.34. The van der Waals surface area contributed by atoms with Crippen molar-refractivity contribution in [1.82, 2.24) is 15.1 Å². The average molecular weight is 400 g/mol. The predicted molar refractivity (Wildman–Crippen MR) is 116 cm³/mol. The van der Waals surface area contributed by atoms with E-state index in [0.29, 0.717) is 12.1 Å². The Labute approximate surface area is 173 Å². The van der Waals surface area contributed by atoms with Crippen LogP contribution in [0.2, 0.25) is 0 Å². The SMILES string of the molecule is CN1CCN(CCCNC(=O)c2ccc3c(c2)N(C)C(=O)C2CCCCN32)CC1. The minimum Gasteiger partial charge on any atom is -0.358 e. The fraction of sp³-hybridized carbons (Fsp3) is 0.636. The van der Waals surface area contributed by atoms with Gasteiger partial charge in [0.25, 0.3) is 5.91 Å². The zero-order valence-electron chi connectivity index (χ0n) is 17.7. The van der Waals surface area contributed by atoms with Gasteiger partial charge in [-0.25, -0.2) is 0 Å². The van der Waals surface area contributed by atoms with Gasteiger partial charge < -0.3 is 24.9 Å². The van der Waals surface area contributed by atoms with Crippen molar-refractivity contribution in [3.05, 3.63) is 23.8 Å². The second kappa shape index (κ2) is 8.71. The van der Waals surface area contributed by atoms with Crippen LogP contribution >= 0.6 is 0 Å². The van der Waals surface area contributed by atoms with E-state index in [1.807, 2.05) is 25.2 Å². The highest BCUT2D eigenvalue weighted by Gasteiger charge is 2.37. The highest BCUT2D eigenvalue weighted by Crippen LogP contribution is 2.39. The van der Waals surface area contributed by atoms with Crippen LogP contribution in [0.5, 0.6) is 0 Å². The molecule has 2 saturated heterocycles. The number of hydrogen-bond donors (Lipinski definition) is 1. The van der Waals surface area contributed by atoms with E-state index in [1.165, 1.54) is 0 Å². The van der Waals surface area contributed by atoms with E-state index in [-0.39, 0.29) is 17.9 Å². The number of anilines is 2. The Bertz CT molecular complexity index is 760. The van der Waals surface area contributed by atoms with Gasteiger partial charge in [0.15, 0.2) is 0 Å². The van der Waals surface area contributed by atoms with Crippen molar-refractivity contribution in [2.75, 3.05) is 69.7 Å². The van der Waals surface area contributed by atoms with Crippen LogP contribution in [0.1, 0.15) is 36.0 Å². The summed E-state index contributed by atoms with van der Waals surface area (Å²) in [6.07, 6.45) is 4.08. The fourth-order valence-electron chi connectivity index (χ4n) is 4.67. The molecule has 0 radical (unpaired) electrons. The molecule has 7 heteroatoms. The van der Waals surface area contributed by atoms with E-state index in [9.17, 15) is 9.59 Å². The fourth-order valence-corrected chi connectivity index (χ4v) is 4.67. The number of benzene rings is 1. The molecule has 2 fully saturated rings. The first-order valence-corrected chi connectivity index (χ1v) is 10.9. The number of hydrogen-bond acceptors (Lipinski definition) is 5. The number of carbonyl (C=O) groups is 2. The van der Waals surface area contributed by atoms with Crippen LogP contribution in [0.3, 0.4) is 0 Å². The molecule has 3 heterocycles. The van der Waals surface area contributed by atoms with Gasteiger partial charge in [-0.2, -0.15) is 0 Å². The molecule has 1 aromatic carbocycles. The van der Waals surface area contributed by atoms with Crippen LogP contribution in [0.4, 0.5) is 11.4 Å². The second-order valence-corrected chi connectivity index (χ2v) is 8.56. The lowest BCUT2D eigenvalue weighted by Crippen LogP contribution is -2.54. The first kappa shape index (κ1) is 20.2. The summed E-state index contributed by atoms with van der Waals surface area (Å²) in [4.78, 5) is 34.2. The minimum absolute atomic E-state index is 0.0458. The maximum Gasteiger partial charge on any atom is 0.251 e. The van der Waals surface area contributed by atoms with Crippen LogP contribution in [0.25, 0.3) is 0 Å². The van der Waals surface area contributed by atoms with Gasteiger partial charge in [-0.1, -0.05) is 0 Å². The van der Waals surface area contributed by atoms with E-state index in [0.717, 1.165) is 76.3 Å². The highest BCUT2D eigenvalue weighted by molar-refractivity contribution is 6.07. The number of piperazine rings is 1. The van der Waals surface area contributed by atoms with Crippen LogP contribution < -0.4 is 15.1 Å². The van der Waals surface area contributed by atoms with Crippen LogP contribution in [0, 0.1) is 0 Å². The number of nitrogens with zero attached hydrogens (tertiary/aromatic N) is 4. The molecule has 3 aliphatic heterocycles. The first-order valence-electron chi connectivity index (χ1n) is 10.9. The molecule has 1 atom stereocenters. The van der Waals surface area contributed by atoms with E-state index in [1.54, 1.807) is 4.90 Å². The third-order valence-electron chi connectivity index (χ3n) is 6.56. The van der Waals surface area contributed by atoms with Crippen molar-refractivity contribution < 1.29 is 9.59 Å². The lowest BCUT2D eigenvalue weighted by molar-refractivity contribution is -0.120. The molecule has 158 valence electrons. The minimum atomic E-state index is -0.0622. The van der Waals surface area contributed by atoms with Gasteiger partial charge in [0.1, 0.15) is 6.04 Å². The number of likely N-dealkylation sites (N-methyl/N-ethyl adjacent to an activating group) is 2. The van der Waals surface area contributed by atoms with Gasteiger partial charge in [0, 0.05) is 51.9 Å². The lowest BCUT2D eigenvalue weighted by atomic mass is 9.96. The molecular formula is C22H33N5O2. The van der Waals surface area contributed by atoms with Gasteiger partial charge in [-0.05, 0) is 57.5 Å². The van der Waals surface area contributed by atoms with E-state index in [4.69, 9.17) is 0 Å². The maximum atomic E-state index is 12.8. The van der Waals surface area contributed by atoms with E-state index >= 15 is 0 Å². The van der Waals surface area contributed by atoms with Gasteiger partial charge >= 0.3 is 0 Å². The molecule has 1 aromatic rings. The lowest BCUT2D eigenvalue weighted by Gasteiger charge is -2.44. The summed E-state index contributed by atoms with van der Waals surface area (Å²) in [5, 5.41) is 3.04. The normalized spacial score (nSPS) is 23.0. The zero-order chi connectivity index (χ0) is 20.4. The predicted octanol–water partition coefficient (Wildman–Crippen LogP) is 1.39. The largest absolute Gasteiger partial charge is 0.358 e. The van der Waals surface area contributed by atoms with E-state index < -0.39 is 0 Å². The van der Waals surface area contributed by atoms with Crippen LogP contribution in [0.15, 0.2) is 18.2 Å². The number of amides is 2. The highest BCUT2D eigenvalue weighted by atomic mass is 16.2. The number of rotatable bonds is 5. The van der Waals surface area contributed by atoms with Crippen molar-refractivity contribution in [3.8, 4) is 0 Å². The van der Waals surface area contributed by atoms with Crippen molar-refractivity contribution in [1.29, 1.82) is 0 Å². The zero-order valence-corrected chi connectivity index (χ0v) is 17.7. The number of fused-ring (bicyclic) bond motifs is 3. The molecule has 2 amide bonds. The van der Waals surface area contributed by atoms with Crippen molar-refractivity contribution in [2.24, 2.45) is 0 Å². The molecule has 29 heavy (non-hydrogen) atoms. The summed E-state index contributed by atoms with van der Waals surface area (Å²) in [6.45, 7) is 7.05. The van der Waals surface area contributed by atoms with Crippen molar-refractivity contribution in [3.63, 3.8) is 0 Å². The third kappa shape index (κ3) is 4.26. The molecule has 0 saturated carbocycles. The number of nitrogens with one attached hydrogen (secondary N) is 1. The molecule has 7 nitrogen and oxygen atoms in total. The van der Waals surface area contributed by atoms with E-state index in [2.05, 4.69) is 27.1 Å². The summed E-state index contributed by atoms with van der Waals surface area (Å²) in [7, 11) is 3.98. The Morgan fingerprint density at radius 1 is 1.07 bits per heavy atom. The topological polar surface area (TPSA) is 59.1 Å². The molecule has 1 N–H and O–H groups in total. The van der Waals surface area contributed by atoms with Gasteiger partial charge in [-0.15, -0.1) is 0 Å². The number of piperidine rings is 1. The Kier molecular flexibility index (Phi) is 6.06. The molecule has 3 aliphatic rings. The molecule has 1 unspecified atom stereocenters. The average Bonchev–Trinajstić information content (AvgIpc) is 2.75. The van der Waals surface area contributed by atoms with Crippen LogP contribution in [-0.4, -0.2) is 87.6 Å². The molecule has 0 aromatic heterocycles. The quantitative estimate of drug-likeness (QED) is 0.759. The van der Waals surface area contributed by atoms with Gasteiger partial charge in [0.2, 0.25) is 5.91 Å². The molecular weight excluding hydrogens is 366 g/mol. The first-order chi connectivity index (χ1) is 14.0. The van der Waals surface area contributed by atoms with Crippen molar-refractivity contribution in [2.45, 2.75) is 31.7 Å². The third-order valence-corrected chi connectivity index (χ3v) is 6.56. The summed E-state index contributed by atoms with van der Waals surface area (Å²) in [5.41, 5.74) is 2.54. The molecule has 4 rings (SSSR count). The summed E-state index contributed by atoms with van der Waals surface area (Å²) >= 11 is 0. The van der Waals surface area contributed by atoms with Crippen molar-refractivity contribution >= 4 is 23.2 Å². The monoisotopic (exact) mass is 399 g/mol. The smallest absolute Gasteiger partial charge is 0.251 e. The summed E-state index contributed by atoms with van der Waals surface area (Å²) in [5.74, 6) is 0.0785. The molecule has 0 bridgehead atoms. The molecule has 0 aliphatic carbocycles. The second-order valence-electron chi connectivity index (χ2n) is 8.56.